The van der Waals surface area contributed by atoms with Crippen LogP contribution in [0.4, 0.5) is 0 Å². The van der Waals surface area contributed by atoms with Crippen molar-refractivity contribution in [2.24, 2.45) is 0 Å². The van der Waals surface area contributed by atoms with Crippen LogP contribution < -0.4 is 14.8 Å². The molecule has 1 aromatic rings. The highest BCUT2D eigenvalue weighted by molar-refractivity contribution is 5.80. The number of nitrogens with one attached hydrogen (secondary N) is 1. The minimum Gasteiger partial charge on any atom is -0.497 e. The number of carbonyl (C=O) groups excluding carboxylic acids is 1. The van der Waals surface area contributed by atoms with Crippen LogP contribution >= 0.6 is 0 Å². The van der Waals surface area contributed by atoms with Gasteiger partial charge in [0.2, 0.25) is 5.91 Å². The minimum atomic E-state index is -1.03. The molecule has 3 N–H and O–H groups in total. The first-order valence-corrected chi connectivity index (χ1v) is 6.21. The Labute approximate surface area is 118 Å². The Balaban J connectivity index is 2.80. The second kappa shape index (κ2) is 7.12. The van der Waals surface area contributed by atoms with Gasteiger partial charge in [0, 0.05) is 11.6 Å². The number of rotatable bonds is 7. The first kappa shape index (κ1) is 16.3. The van der Waals surface area contributed by atoms with E-state index in [0.717, 1.165) is 0 Å². The van der Waals surface area contributed by atoms with Gasteiger partial charge < -0.3 is 25.0 Å². The van der Waals surface area contributed by atoms with Crippen LogP contribution in [0.3, 0.4) is 0 Å². The van der Waals surface area contributed by atoms with Crippen LogP contribution in [0.25, 0.3) is 0 Å². The molecular formula is C14H21NO5. The molecule has 0 aliphatic carbocycles. The second-order valence-electron chi connectivity index (χ2n) is 4.78. The summed E-state index contributed by atoms with van der Waals surface area (Å²) in [6.45, 7) is 0.889. The molecule has 112 valence electrons. The maximum atomic E-state index is 11.9. The third-order valence-corrected chi connectivity index (χ3v) is 2.98. The van der Waals surface area contributed by atoms with Gasteiger partial charge in [0.15, 0.2) is 0 Å². The summed E-state index contributed by atoms with van der Waals surface area (Å²) in [5, 5.41) is 20.9. The summed E-state index contributed by atoms with van der Waals surface area (Å²) in [5.74, 6) is 0.884. The summed E-state index contributed by atoms with van der Waals surface area (Å²) in [6.07, 6.45) is 0.0861. The number of hydrogen-bond donors (Lipinski definition) is 3. The highest BCUT2D eigenvalue weighted by Crippen LogP contribution is 2.25. The van der Waals surface area contributed by atoms with E-state index in [4.69, 9.17) is 19.7 Å². The first-order valence-electron chi connectivity index (χ1n) is 6.21. The minimum absolute atomic E-state index is 0.0861. The fraction of sp³-hybridized carbons (Fsp3) is 0.500. The number of aliphatic hydroxyl groups excluding tert-OH is 2. The molecule has 0 aromatic heterocycles. The van der Waals surface area contributed by atoms with Crippen molar-refractivity contribution in [1.29, 1.82) is 0 Å². The van der Waals surface area contributed by atoms with E-state index in [-0.39, 0.29) is 25.5 Å². The van der Waals surface area contributed by atoms with E-state index in [9.17, 15) is 4.79 Å². The molecule has 0 atom stereocenters. The lowest BCUT2D eigenvalue weighted by Crippen LogP contribution is -2.52. The zero-order chi connectivity index (χ0) is 15.2. The molecule has 0 aliphatic rings. The van der Waals surface area contributed by atoms with Gasteiger partial charge in [0.05, 0.1) is 39.4 Å². The molecule has 20 heavy (non-hydrogen) atoms. The quantitative estimate of drug-likeness (QED) is 0.661. The van der Waals surface area contributed by atoms with Crippen LogP contribution in [0.15, 0.2) is 18.2 Å². The van der Waals surface area contributed by atoms with Crippen LogP contribution in [-0.2, 0) is 11.2 Å². The van der Waals surface area contributed by atoms with Gasteiger partial charge >= 0.3 is 0 Å². The van der Waals surface area contributed by atoms with Gasteiger partial charge in [-0.15, -0.1) is 0 Å². The summed E-state index contributed by atoms with van der Waals surface area (Å²) in [4.78, 5) is 11.9. The second-order valence-corrected chi connectivity index (χ2v) is 4.78. The average molecular weight is 283 g/mol. The van der Waals surface area contributed by atoms with Crippen molar-refractivity contribution < 1.29 is 24.5 Å². The van der Waals surface area contributed by atoms with Gasteiger partial charge in [-0.1, -0.05) is 6.07 Å². The lowest BCUT2D eigenvalue weighted by Gasteiger charge is -2.26. The molecule has 1 rings (SSSR count). The van der Waals surface area contributed by atoms with Gasteiger partial charge in [-0.3, -0.25) is 4.79 Å². The van der Waals surface area contributed by atoms with Crippen molar-refractivity contribution >= 4 is 5.91 Å². The molecule has 1 aromatic carbocycles. The monoisotopic (exact) mass is 283 g/mol. The Kier molecular flexibility index (Phi) is 5.79. The molecule has 6 heteroatoms. The van der Waals surface area contributed by atoms with Gasteiger partial charge in [0.25, 0.3) is 0 Å². The molecule has 6 nitrogen and oxygen atoms in total. The molecule has 0 saturated heterocycles. The van der Waals surface area contributed by atoms with Gasteiger partial charge in [-0.05, 0) is 13.0 Å². The molecule has 0 fully saturated rings. The Bertz CT molecular complexity index is 457. The van der Waals surface area contributed by atoms with E-state index in [1.165, 1.54) is 7.11 Å². The molecule has 0 spiro atoms. The first-order chi connectivity index (χ1) is 9.47. The number of benzene rings is 1. The fourth-order valence-electron chi connectivity index (χ4n) is 1.68. The van der Waals surface area contributed by atoms with Crippen molar-refractivity contribution in [3.63, 3.8) is 0 Å². The summed E-state index contributed by atoms with van der Waals surface area (Å²) < 4.78 is 10.3. The summed E-state index contributed by atoms with van der Waals surface area (Å²) >= 11 is 0. The van der Waals surface area contributed by atoms with Crippen molar-refractivity contribution in [1.82, 2.24) is 5.32 Å². The summed E-state index contributed by atoms with van der Waals surface area (Å²) in [7, 11) is 3.07. The zero-order valence-corrected chi connectivity index (χ0v) is 12.0. The number of ether oxygens (including phenoxy) is 2. The molecule has 0 saturated carbocycles. The van der Waals surface area contributed by atoms with Crippen LogP contribution in [0.1, 0.15) is 12.5 Å². The number of aliphatic hydroxyl groups is 2. The SMILES string of the molecule is COc1ccc(CC(=O)NC(C)(CO)CO)c(OC)c1. The normalized spacial score (nSPS) is 11.1. The molecule has 0 heterocycles. The van der Waals surface area contributed by atoms with E-state index in [1.807, 2.05) is 0 Å². The van der Waals surface area contributed by atoms with Crippen molar-refractivity contribution in [3.05, 3.63) is 23.8 Å². The number of methoxy groups -OCH3 is 2. The van der Waals surface area contributed by atoms with Crippen molar-refractivity contribution in [2.75, 3.05) is 27.4 Å². The van der Waals surface area contributed by atoms with Gasteiger partial charge in [0.1, 0.15) is 11.5 Å². The van der Waals surface area contributed by atoms with Crippen LogP contribution in [0, 0.1) is 0 Å². The third-order valence-electron chi connectivity index (χ3n) is 2.98. The highest BCUT2D eigenvalue weighted by atomic mass is 16.5. The Morgan fingerprint density at radius 2 is 1.90 bits per heavy atom. The Morgan fingerprint density at radius 1 is 1.25 bits per heavy atom. The van der Waals surface area contributed by atoms with E-state index in [0.29, 0.717) is 17.1 Å². The highest BCUT2D eigenvalue weighted by Gasteiger charge is 2.24. The number of amides is 1. The topological polar surface area (TPSA) is 88.0 Å². The van der Waals surface area contributed by atoms with Crippen LogP contribution in [0.2, 0.25) is 0 Å². The molecule has 0 unspecified atom stereocenters. The Morgan fingerprint density at radius 3 is 2.40 bits per heavy atom. The largest absolute Gasteiger partial charge is 0.497 e. The average Bonchev–Trinajstić information content (AvgIpc) is 2.47. The summed E-state index contributed by atoms with van der Waals surface area (Å²) in [6, 6.07) is 5.18. The summed E-state index contributed by atoms with van der Waals surface area (Å²) in [5.41, 5.74) is -0.333. The maximum Gasteiger partial charge on any atom is 0.225 e. The van der Waals surface area contributed by atoms with E-state index in [1.54, 1.807) is 32.2 Å². The zero-order valence-electron chi connectivity index (χ0n) is 12.0. The number of carbonyl (C=O) groups is 1. The van der Waals surface area contributed by atoms with E-state index in [2.05, 4.69) is 5.32 Å². The molecule has 1 amide bonds. The van der Waals surface area contributed by atoms with Gasteiger partial charge in [-0.2, -0.15) is 0 Å². The van der Waals surface area contributed by atoms with Crippen LogP contribution in [0.5, 0.6) is 11.5 Å². The lowest BCUT2D eigenvalue weighted by atomic mass is 10.0. The molecule has 0 bridgehead atoms. The standard InChI is InChI=1S/C14H21NO5/c1-14(8-16,9-17)15-13(18)6-10-4-5-11(19-2)7-12(10)20-3/h4-5,7,16-17H,6,8-9H2,1-3H3,(H,15,18). The van der Waals surface area contributed by atoms with Crippen LogP contribution in [-0.4, -0.2) is 49.1 Å². The fourth-order valence-corrected chi connectivity index (χ4v) is 1.68. The molecule has 0 aliphatic heterocycles. The smallest absolute Gasteiger partial charge is 0.225 e. The maximum absolute atomic E-state index is 11.9. The number of hydrogen-bond acceptors (Lipinski definition) is 5. The van der Waals surface area contributed by atoms with Crippen molar-refractivity contribution in [2.45, 2.75) is 18.9 Å². The Hall–Kier alpha value is -1.79. The molecule has 0 radical (unpaired) electrons. The predicted octanol–water partition coefficient (Wildman–Crippen LogP) is 0.106. The van der Waals surface area contributed by atoms with Crippen molar-refractivity contribution in [3.8, 4) is 11.5 Å². The van der Waals surface area contributed by atoms with Gasteiger partial charge in [-0.25, -0.2) is 0 Å². The molecular weight excluding hydrogens is 262 g/mol. The van der Waals surface area contributed by atoms with E-state index >= 15 is 0 Å². The lowest BCUT2D eigenvalue weighted by molar-refractivity contribution is -0.123. The third kappa shape index (κ3) is 4.11. The van der Waals surface area contributed by atoms with E-state index < -0.39 is 5.54 Å². The predicted molar refractivity (Wildman–Crippen MR) is 74.0 cm³/mol.